The SMILES string of the molecule is CC(=O)Nc1ccccc1Sc1ccc(/C=N\c2sc3c(c2C(=O)Nc2ccccc2)CCCC3)cc1[N+](=O)[O-]. The summed E-state index contributed by atoms with van der Waals surface area (Å²) in [6.07, 6.45) is 5.42. The monoisotopic (exact) mass is 570 g/mol. The van der Waals surface area contributed by atoms with Gasteiger partial charge in [0.05, 0.1) is 21.1 Å². The third-order valence-corrected chi connectivity index (χ3v) is 8.68. The summed E-state index contributed by atoms with van der Waals surface area (Å²) < 4.78 is 0. The highest BCUT2D eigenvalue weighted by molar-refractivity contribution is 7.99. The van der Waals surface area contributed by atoms with Crippen molar-refractivity contribution in [2.75, 3.05) is 10.6 Å². The molecule has 40 heavy (non-hydrogen) atoms. The molecule has 0 bridgehead atoms. The molecule has 202 valence electrons. The van der Waals surface area contributed by atoms with E-state index < -0.39 is 4.92 Å². The maximum atomic E-state index is 13.3. The molecule has 0 atom stereocenters. The lowest BCUT2D eigenvalue weighted by Crippen LogP contribution is -2.14. The van der Waals surface area contributed by atoms with Crippen molar-refractivity contribution in [3.63, 3.8) is 0 Å². The Hall–Kier alpha value is -4.28. The Morgan fingerprint density at radius 1 is 0.975 bits per heavy atom. The number of rotatable bonds is 8. The minimum absolute atomic E-state index is 0.0703. The average Bonchev–Trinajstić information content (AvgIpc) is 3.32. The van der Waals surface area contributed by atoms with Gasteiger partial charge in [0.1, 0.15) is 5.00 Å². The quantitative estimate of drug-likeness (QED) is 0.128. The maximum absolute atomic E-state index is 13.3. The molecule has 1 aliphatic carbocycles. The Morgan fingerprint density at radius 2 is 1.73 bits per heavy atom. The van der Waals surface area contributed by atoms with Crippen LogP contribution >= 0.6 is 23.1 Å². The Morgan fingerprint density at radius 3 is 2.50 bits per heavy atom. The van der Waals surface area contributed by atoms with Crippen molar-refractivity contribution in [2.24, 2.45) is 4.99 Å². The molecule has 0 saturated carbocycles. The van der Waals surface area contributed by atoms with E-state index in [0.29, 0.717) is 37.3 Å². The standard InChI is InChI=1S/C30H26N4O4S2/c1-19(35)32-23-12-6-8-14-26(23)39-27-16-15-20(17-24(27)34(37)38)18-31-30-28(22-11-5-7-13-25(22)40-30)29(36)33-21-9-3-2-4-10-21/h2-4,6,8-10,12,14-18H,5,7,11,13H2,1H3,(H,32,35)(H,33,36)/b31-18-. The number of aliphatic imine (C=N–C) groups is 1. The smallest absolute Gasteiger partial charge is 0.283 e. The number of carbonyl (C=O) groups excluding carboxylic acids is 2. The number of nitro benzene ring substituents is 1. The summed E-state index contributed by atoms with van der Waals surface area (Å²) in [6, 6.07) is 21.4. The number of para-hydroxylation sites is 2. The molecule has 0 saturated heterocycles. The van der Waals surface area contributed by atoms with Crippen LogP contribution in [0, 0.1) is 10.1 Å². The minimum atomic E-state index is -0.427. The fraction of sp³-hybridized carbons (Fsp3) is 0.167. The van der Waals surface area contributed by atoms with Crippen molar-refractivity contribution < 1.29 is 14.5 Å². The lowest BCUT2D eigenvalue weighted by molar-refractivity contribution is -0.387. The molecule has 0 radical (unpaired) electrons. The minimum Gasteiger partial charge on any atom is -0.325 e. The van der Waals surface area contributed by atoms with E-state index in [0.717, 1.165) is 31.2 Å². The molecular weight excluding hydrogens is 544 g/mol. The molecule has 5 rings (SSSR count). The zero-order valence-electron chi connectivity index (χ0n) is 21.7. The number of nitrogens with zero attached hydrogens (tertiary/aromatic N) is 2. The van der Waals surface area contributed by atoms with Crippen molar-refractivity contribution >= 4 is 63.2 Å². The Labute approximate surface area is 239 Å². The molecule has 8 nitrogen and oxygen atoms in total. The summed E-state index contributed by atoms with van der Waals surface area (Å²) in [5.41, 5.74) is 3.40. The lowest BCUT2D eigenvalue weighted by atomic mass is 9.95. The number of benzene rings is 3. The van der Waals surface area contributed by atoms with Crippen molar-refractivity contribution in [1.29, 1.82) is 0 Å². The van der Waals surface area contributed by atoms with Gasteiger partial charge in [-0.15, -0.1) is 11.3 Å². The highest BCUT2D eigenvalue weighted by Gasteiger charge is 2.25. The topological polar surface area (TPSA) is 114 Å². The summed E-state index contributed by atoms with van der Waals surface area (Å²) in [5.74, 6) is -0.422. The number of thiophene rings is 1. The van der Waals surface area contributed by atoms with E-state index in [2.05, 4.69) is 15.6 Å². The van der Waals surface area contributed by atoms with Crippen LogP contribution in [0.4, 0.5) is 22.1 Å². The average molecular weight is 571 g/mol. The number of nitro groups is 1. The first kappa shape index (κ1) is 27.3. The number of hydrogen-bond donors (Lipinski definition) is 2. The molecule has 3 aromatic carbocycles. The van der Waals surface area contributed by atoms with Crippen LogP contribution in [-0.2, 0) is 17.6 Å². The van der Waals surface area contributed by atoms with Crippen LogP contribution < -0.4 is 10.6 Å². The summed E-state index contributed by atoms with van der Waals surface area (Å²) in [4.78, 5) is 43.4. The van der Waals surface area contributed by atoms with E-state index in [1.54, 1.807) is 36.5 Å². The molecule has 1 heterocycles. The Bertz CT molecular complexity index is 1620. The highest BCUT2D eigenvalue weighted by atomic mass is 32.2. The molecule has 0 fully saturated rings. The molecule has 4 aromatic rings. The van der Waals surface area contributed by atoms with Gasteiger partial charge in [0, 0.05) is 34.7 Å². The van der Waals surface area contributed by atoms with Gasteiger partial charge in [-0.2, -0.15) is 0 Å². The van der Waals surface area contributed by atoms with Crippen LogP contribution in [0.3, 0.4) is 0 Å². The molecule has 0 spiro atoms. The van der Waals surface area contributed by atoms with Gasteiger partial charge in [-0.25, -0.2) is 4.99 Å². The van der Waals surface area contributed by atoms with Crippen molar-refractivity contribution in [3.05, 3.63) is 104 Å². The van der Waals surface area contributed by atoms with E-state index in [1.807, 2.05) is 36.4 Å². The molecule has 0 aliphatic heterocycles. The van der Waals surface area contributed by atoms with Gasteiger partial charge in [-0.1, -0.05) is 48.2 Å². The van der Waals surface area contributed by atoms with Gasteiger partial charge < -0.3 is 10.6 Å². The molecule has 2 N–H and O–H groups in total. The van der Waals surface area contributed by atoms with Gasteiger partial charge in [0.15, 0.2) is 0 Å². The zero-order valence-corrected chi connectivity index (χ0v) is 23.3. The van der Waals surface area contributed by atoms with Gasteiger partial charge in [0.2, 0.25) is 5.91 Å². The molecule has 1 aromatic heterocycles. The Kier molecular flexibility index (Phi) is 8.37. The van der Waals surface area contributed by atoms with Crippen LogP contribution in [-0.4, -0.2) is 23.0 Å². The summed E-state index contributed by atoms with van der Waals surface area (Å²) in [5, 5.41) is 18.3. The molecule has 10 heteroatoms. The first-order valence-electron chi connectivity index (χ1n) is 12.8. The predicted molar refractivity (Wildman–Crippen MR) is 161 cm³/mol. The number of fused-ring (bicyclic) bond motifs is 1. The second kappa shape index (κ2) is 12.3. The first-order valence-corrected chi connectivity index (χ1v) is 14.4. The number of nitrogens with one attached hydrogen (secondary N) is 2. The van der Waals surface area contributed by atoms with Crippen LogP contribution in [0.15, 0.2) is 87.6 Å². The van der Waals surface area contributed by atoms with E-state index in [-0.39, 0.29) is 17.5 Å². The van der Waals surface area contributed by atoms with Crippen molar-refractivity contribution in [1.82, 2.24) is 0 Å². The number of aryl methyl sites for hydroxylation is 1. The second-order valence-electron chi connectivity index (χ2n) is 9.23. The predicted octanol–water partition coefficient (Wildman–Crippen LogP) is 7.65. The number of anilines is 2. The largest absolute Gasteiger partial charge is 0.325 e. The second-order valence-corrected chi connectivity index (χ2v) is 11.4. The van der Waals surface area contributed by atoms with Gasteiger partial charge in [-0.3, -0.25) is 19.7 Å². The third-order valence-electron chi connectivity index (χ3n) is 6.34. The maximum Gasteiger partial charge on any atom is 0.283 e. The van der Waals surface area contributed by atoms with Gasteiger partial charge in [0.25, 0.3) is 11.6 Å². The highest BCUT2D eigenvalue weighted by Crippen LogP contribution is 2.41. The molecular formula is C30H26N4O4S2. The van der Waals surface area contributed by atoms with Gasteiger partial charge in [-0.05, 0) is 67.1 Å². The first-order chi connectivity index (χ1) is 19.4. The van der Waals surface area contributed by atoms with Crippen LogP contribution in [0.1, 0.15) is 46.1 Å². The fourth-order valence-electron chi connectivity index (χ4n) is 4.54. The Balaban J connectivity index is 1.44. The van der Waals surface area contributed by atoms with E-state index in [4.69, 9.17) is 0 Å². The van der Waals surface area contributed by atoms with E-state index in [9.17, 15) is 19.7 Å². The van der Waals surface area contributed by atoms with Crippen molar-refractivity contribution in [2.45, 2.75) is 42.4 Å². The summed E-state index contributed by atoms with van der Waals surface area (Å²) in [6.45, 7) is 1.42. The number of amides is 2. The lowest BCUT2D eigenvalue weighted by Gasteiger charge is -2.12. The fourth-order valence-corrected chi connectivity index (χ4v) is 6.75. The van der Waals surface area contributed by atoms with Crippen molar-refractivity contribution in [3.8, 4) is 0 Å². The van der Waals surface area contributed by atoms with E-state index >= 15 is 0 Å². The third kappa shape index (κ3) is 6.30. The normalized spacial score (nSPS) is 12.6. The van der Waals surface area contributed by atoms with Crippen LogP contribution in [0.5, 0.6) is 0 Å². The molecule has 0 unspecified atom stereocenters. The van der Waals surface area contributed by atoms with Crippen LogP contribution in [0.25, 0.3) is 0 Å². The summed E-state index contributed by atoms with van der Waals surface area (Å²) in [7, 11) is 0. The molecule has 1 aliphatic rings. The van der Waals surface area contributed by atoms with E-state index in [1.165, 1.54) is 41.0 Å². The molecule has 2 amide bonds. The summed E-state index contributed by atoms with van der Waals surface area (Å²) >= 11 is 2.72. The van der Waals surface area contributed by atoms with Crippen LogP contribution in [0.2, 0.25) is 0 Å². The number of hydrogen-bond acceptors (Lipinski definition) is 7. The number of carbonyl (C=O) groups is 2. The van der Waals surface area contributed by atoms with Gasteiger partial charge >= 0.3 is 0 Å². The zero-order chi connectivity index (χ0) is 28.1.